The van der Waals surface area contributed by atoms with Crippen LogP contribution in [0.5, 0.6) is 0 Å². The Labute approximate surface area is 132 Å². The number of rotatable bonds is 12. The molecule has 0 amide bonds. The van der Waals surface area contributed by atoms with Crippen LogP contribution >= 0.6 is 11.3 Å². The van der Waals surface area contributed by atoms with Crippen LogP contribution in [0.25, 0.3) is 0 Å². The summed E-state index contributed by atoms with van der Waals surface area (Å²) < 4.78 is 10.6. The predicted molar refractivity (Wildman–Crippen MR) is 87.8 cm³/mol. The van der Waals surface area contributed by atoms with Gasteiger partial charge >= 0.3 is 0 Å². The fourth-order valence-electron chi connectivity index (χ4n) is 2.10. The van der Waals surface area contributed by atoms with Gasteiger partial charge in [-0.3, -0.25) is 4.90 Å². The van der Waals surface area contributed by atoms with Crippen molar-refractivity contribution in [3.05, 3.63) is 22.4 Å². The zero-order chi connectivity index (χ0) is 15.5. The molecule has 1 atom stereocenters. The lowest BCUT2D eigenvalue weighted by molar-refractivity contribution is 0.00582. The molecule has 0 spiro atoms. The van der Waals surface area contributed by atoms with Gasteiger partial charge in [0, 0.05) is 40.0 Å². The van der Waals surface area contributed by atoms with E-state index in [9.17, 15) is 5.11 Å². The number of aliphatic hydroxyl groups excluding tert-OH is 1. The average molecular weight is 315 g/mol. The SMILES string of the molecule is COCCCN(Cc1ccsc1)C[C@H](O)COCC(C)C. The maximum atomic E-state index is 10.1. The van der Waals surface area contributed by atoms with Gasteiger partial charge in [-0.05, 0) is 34.7 Å². The zero-order valence-corrected chi connectivity index (χ0v) is 14.3. The summed E-state index contributed by atoms with van der Waals surface area (Å²) in [6.45, 7) is 8.50. The van der Waals surface area contributed by atoms with Gasteiger partial charge in [0.2, 0.25) is 0 Å². The van der Waals surface area contributed by atoms with Crippen LogP contribution in [0.15, 0.2) is 16.8 Å². The second-order valence-corrected chi connectivity index (χ2v) is 6.58. The van der Waals surface area contributed by atoms with Crippen LogP contribution in [0.1, 0.15) is 25.8 Å². The van der Waals surface area contributed by atoms with Crippen LogP contribution in [0.4, 0.5) is 0 Å². The van der Waals surface area contributed by atoms with E-state index < -0.39 is 6.10 Å². The van der Waals surface area contributed by atoms with Crippen molar-refractivity contribution >= 4 is 11.3 Å². The lowest BCUT2D eigenvalue weighted by atomic mass is 10.2. The predicted octanol–water partition coefficient (Wildman–Crippen LogP) is 2.62. The van der Waals surface area contributed by atoms with E-state index in [2.05, 4.69) is 35.6 Å². The molecule has 0 bridgehead atoms. The average Bonchev–Trinajstić information content (AvgIpc) is 2.91. The van der Waals surface area contributed by atoms with Crippen molar-refractivity contribution in [3.63, 3.8) is 0 Å². The highest BCUT2D eigenvalue weighted by molar-refractivity contribution is 7.07. The Morgan fingerprint density at radius 2 is 2.14 bits per heavy atom. The Bertz CT molecular complexity index is 343. The van der Waals surface area contributed by atoms with E-state index in [-0.39, 0.29) is 0 Å². The fourth-order valence-corrected chi connectivity index (χ4v) is 2.76. The first-order valence-corrected chi connectivity index (χ1v) is 8.54. The van der Waals surface area contributed by atoms with Crippen LogP contribution in [0.2, 0.25) is 0 Å². The number of hydrogen-bond acceptors (Lipinski definition) is 5. The minimum absolute atomic E-state index is 0.405. The molecule has 0 unspecified atom stereocenters. The summed E-state index contributed by atoms with van der Waals surface area (Å²) >= 11 is 1.71. The first-order chi connectivity index (χ1) is 10.1. The molecule has 122 valence electrons. The Morgan fingerprint density at radius 3 is 2.76 bits per heavy atom. The van der Waals surface area contributed by atoms with Gasteiger partial charge in [0.15, 0.2) is 0 Å². The maximum Gasteiger partial charge on any atom is 0.0900 e. The Hall–Kier alpha value is -0.460. The quantitative estimate of drug-likeness (QED) is 0.602. The number of nitrogens with zero attached hydrogens (tertiary/aromatic N) is 1. The third kappa shape index (κ3) is 9.22. The monoisotopic (exact) mass is 315 g/mol. The highest BCUT2D eigenvalue weighted by atomic mass is 32.1. The first kappa shape index (κ1) is 18.6. The molecule has 0 aliphatic carbocycles. The van der Waals surface area contributed by atoms with E-state index in [1.165, 1.54) is 5.56 Å². The Morgan fingerprint density at radius 1 is 1.33 bits per heavy atom. The van der Waals surface area contributed by atoms with Crippen molar-refractivity contribution in [3.8, 4) is 0 Å². The molecule has 1 rings (SSSR count). The summed E-state index contributed by atoms with van der Waals surface area (Å²) in [6.07, 6.45) is 0.533. The molecule has 5 heteroatoms. The van der Waals surface area contributed by atoms with Gasteiger partial charge in [-0.25, -0.2) is 0 Å². The fraction of sp³-hybridized carbons (Fsp3) is 0.750. The molecule has 0 aromatic carbocycles. The number of hydrogen-bond donors (Lipinski definition) is 1. The number of aliphatic hydroxyl groups is 1. The van der Waals surface area contributed by atoms with Crippen LogP contribution in [0, 0.1) is 5.92 Å². The molecule has 0 aliphatic heterocycles. The van der Waals surface area contributed by atoms with Gasteiger partial charge in [-0.2, -0.15) is 11.3 Å². The van der Waals surface area contributed by atoms with Crippen LogP contribution in [-0.4, -0.2) is 56.1 Å². The highest BCUT2D eigenvalue weighted by Gasteiger charge is 2.13. The van der Waals surface area contributed by atoms with Crippen molar-refractivity contribution in [1.29, 1.82) is 0 Å². The third-order valence-electron chi connectivity index (χ3n) is 3.04. The molecule has 0 radical (unpaired) electrons. The molecular formula is C16H29NO3S. The lowest BCUT2D eigenvalue weighted by Gasteiger charge is -2.25. The normalized spacial score (nSPS) is 13.2. The van der Waals surface area contributed by atoms with Crippen LogP contribution in [-0.2, 0) is 16.0 Å². The van der Waals surface area contributed by atoms with E-state index >= 15 is 0 Å². The van der Waals surface area contributed by atoms with Crippen molar-refractivity contribution in [2.45, 2.75) is 32.9 Å². The molecule has 4 nitrogen and oxygen atoms in total. The summed E-state index contributed by atoms with van der Waals surface area (Å²) in [6, 6.07) is 2.13. The highest BCUT2D eigenvalue weighted by Crippen LogP contribution is 2.10. The summed E-state index contributed by atoms with van der Waals surface area (Å²) in [7, 11) is 1.72. The van der Waals surface area contributed by atoms with E-state index in [0.717, 1.165) is 26.1 Å². The van der Waals surface area contributed by atoms with E-state index in [1.54, 1.807) is 18.4 Å². The number of thiophene rings is 1. The van der Waals surface area contributed by atoms with Gasteiger partial charge < -0.3 is 14.6 Å². The Balaban J connectivity index is 2.35. The van der Waals surface area contributed by atoms with E-state index in [4.69, 9.17) is 9.47 Å². The molecular weight excluding hydrogens is 286 g/mol. The van der Waals surface area contributed by atoms with Crippen LogP contribution < -0.4 is 0 Å². The van der Waals surface area contributed by atoms with E-state index in [0.29, 0.717) is 25.7 Å². The topological polar surface area (TPSA) is 41.9 Å². The van der Waals surface area contributed by atoms with Crippen molar-refractivity contribution in [2.24, 2.45) is 5.92 Å². The molecule has 1 aromatic rings. The third-order valence-corrected chi connectivity index (χ3v) is 3.77. The minimum atomic E-state index is -0.440. The second-order valence-electron chi connectivity index (χ2n) is 5.80. The van der Waals surface area contributed by atoms with E-state index in [1.807, 2.05) is 0 Å². The summed E-state index contributed by atoms with van der Waals surface area (Å²) in [5.41, 5.74) is 1.30. The zero-order valence-electron chi connectivity index (χ0n) is 13.5. The standard InChI is InChI=1S/C16H29NO3S/c1-14(2)11-20-12-16(18)10-17(6-4-7-19-3)9-15-5-8-21-13-15/h5,8,13-14,16,18H,4,6-7,9-12H2,1-3H3/t16-/m0/s1. The Kier molecular flexibility index (Phi) is 9.87. The molecule has 0 fully saturated rings. The van der Waals surface area contributed by atoms with Crippen molar-refractivity contribution in [2.75, 3.05) is 40.0 Å². The number of ether oxygens (including phenoxy) is 2. The molecule has 0 saturated carbocycles. The molecule has 0 saturated heterocycles. The summed E-state index contributed by atoms with van der Waals surface area (Å²) in [5.74, 6) is 0.501. The molecule has 1 heterocycles. The first-order valence-electron chi connectivity index (χ1n) is 7.60. The van der Waals surface area contributed by atoms with Gasteiger partial charge in [-0.15, -0.1) is 0 Å². The van der Waals surface area contributed by atoms with Crippen LogP contribution in [0.3, 0.4) is 0 Å². The van der Waals surface area contributed by atoms with Gasteiger partial charge in [0.25, 0.3) is 0 Å². The van der Waals surface area contributed by atoms with Gasteiger partial charge in [-0.1, -0.05) is 13.8 Å². The maximum absolute atomic E-state index is 10.1. The minimum Gasteiger partial charge on any atom is -0.389 e. The largest absolute Gasteiger partial charge is 0.389 e. The summed E-state index contributed by atoms with van der Waals surface area (Å²) in [4.78, 5) is 2.27. The molecule has 0 aliphatic rings. The molecule has 1 N–H and O–H groups in total. The molecule has 21 heavy (non-hydrogen) atoms. The van der Waals surface area contributed by atoms with Gasteiger partial charge in [0.05, 0.1) is 12.7 Å². The second kappa shape index (κ2) is 11.2. The van der Waals surface area contributed by atoms with Crippen molar-refractivity contribution in [1.82, 2.24) is 4.90 Å². The smallest absolute Gasteiger partial charge is 0.0900 e. The number of methoxy groups -OCH3 is 1. The molecule has 1 aromatic heterocycles. The summed E-state index contributed by atoms with van der Waals surface area (Å²) in [5, 5.41) is 14.4. The van der Waals surface area contributed by atoms with Gasteiger partial charge in [0.1, 0.15) is 0 Å². The van der Waals surface area contributed by atoms with Crippen molar-refractivity contribution < 1.29 is 14.6 Å². The lowest BCUT2D eigenvalue weighted by Crippen LogP contribution is -2.35.